The van der Waals surface area contributed by atoms with Crippen molar-refractivity contribution in [2.45, 2.75) is 58.1 Å². The summed E-state index contributed by atoms with van der Waals surface area (Å²) in [6.07, 6.45) is 5.50. The molecule has 41 heavy (non-hydrogen) atoms. The minimum absolute atomic E-state index is 0.00961. The fourth-order valence-corrected chi connectivity index (χ4v) is 6.25. The minimum atomic E-state index is -1.21. The van der Waals surface area contributed by atoms with Crippen molar-refractivity contribution in [1.82, 2.24) is 14.8 Å². The van der Waals surface area contributed by atoms with Crippen LogP contribution in [-0.2, 0) is 0 Å². The molecule has 3 aliphatic rings. The number of aromatic nitrogens is 1. The van der Waals surface area contributed by atoms with Gasteiger partial charge >= 0.3 is 6.03 Å². The van der Waals surface area contributed by atoms with Gasteiger partial charge in [0.2, 0.25) is 0 Å². The number of benzene rings is 2. The van der Waals surface area contributed by atoms with Gasteiger partial charge in [-0.3, -0.25) is 14.4 Å². The molecule has 0 unspecified atom stereocenters. The summed E-state index contributed by atoms with van der Waals surface area (Å²) < 4.78 is 14.4. The molecule has 3 heterocycles. The average molecular weight is 559 g/mol. The molecule has 4 amide bonds. The second-order valence-corrected chi connectivity index (χ2v) is 11.2. The number of nitrogens with zero attached hydrogens (tertiary/aromatic N) is 2. The number of fused-ring (bicyclic) bond motifs is 2. The van der Waals surface area contributed by atoms with E-state index in [0.717, 1.165) is 42.4 Å². The summed E-state index contributed by atoms with van der Waals surface area (Å²) in [5.41, 5.74) is 7.17. The van der Waals surface area contributed by atoms with E-state index in [1.165, 1.54) is 12.1 Å². The van der Waals surface area contributed by atoms with E-state index in [-0.39, 0.29) is 22.5 Å². The molecular weight excluding hydrogens is 524 g/mol. The van der Waals surface area contributed by atoms with Gasteiger partial charge in [-0.1, -0.05) is 6.92 Å². The van der Waals surface area contributed by atoms with Crippen LogP contribution < -0.4 is 20.5 Å². The zero-order chi connectivity index (χ0) is 29.1. The SMILES string of the molecule is CCOc1cc(C(=O)N(C(N)=O)C(=O)c2ccc3c(c2)C(=O)[C@H](C)C2(CCNCC2)O3)cc2c1c(C)cn2C1CC1. The molecule has 1 saturated heterocycles. The Kier molecular flexibility index (Phi) is 6.60. The number of carbonyl (C=O) groups excluding carboxylic acids is 4. The minimum Gasteiger partial charge on any atom is -0.493 e. The smallest absolute Gasteiger partial charge is 0.328 e. The fourth-order valence-electron chi connectivity index (χ4n) is 6.25. The van der Waals surface area contributed by atoms with Crippen LogP contribution in [0.5, 0.6) is 11.5 Å². The first-order valence-electron chi connectivity index (χ1n) is 14.2. The summed E-state index contributed by atoms with van der Waals surface area (Å²) in [4.78, 5) is 53.8. The number of urea groups is 1. The summed E-state index contributed by atoms with van der Waals surface area (Å²) >= 11 is 0. The molecule has 10 heteroatoms. The van der Waals surface area contributed by atoms with Gasteiger partial charge in [0, 0.05) is 41.6 Å². The molecule has 1 aliphatic carbocycles. The van der Waals surface area contributed by atoms with Gasteiger partial charge in [0.15, 0.2) is 5.78 Å². The van der Waals surface area contributed by atoms with Crippen molar-refractivity contribution in [1.29, 1.82) is 0 Å². The van der Waals surface area contributed by atoms with E-state index >= 15 is 0 Å². The third kappa shape index (κ3) is 4.46. The van der Waals surface area contributed by atoms with Gasteiger partial charge in [-0.05, 0) is 75.7 Å². The lowest BCUT2D eigenvalue weighted by molar-refractivity contribution is -0.0152. The first-order chi connectivity index (χ1) is 19.6. The number of aryl methyl sites for hydroxylation is 1. The van der Waals surface area contributed by atoms with E-state index in [4.69, 9.17) is 15.2 Å². The topological polar surface area (TPSA) is 133 Å². The fraction of sp³-hybridized carbons (Fsp3) is 0.419. The number of carbonyl (C=O) groups is 4. The van der Waals surface area contributed by atoms with Gasteiger partial charge in [0.25, 0.3) is 11.8 Å². The molecule has 214 valence electrons. The quantitative estimate of drug-likeness (QED) is 0.444. The molecule has 3 N–H and O–H groups in total. The van der Waals surface area contributed by atoms with Crippen molar-refractivity contribution < 1.29 is 28.7 Å². The van der Waals surface area contributed by atoms with E-state index in [0.29, 0.717) is 41.9 Å². The monoisotopic (exact) mass is 558 g/mol. The zero-order valence-electron chi connectivity index (χ0n) is 23.5. The third-order valence-electron chi connectivity index (χ3n) is 8.64. The van der Waals surface area contributed by atoms with Gasteiger partial charge in [-0.25, -0.2) is 4.79 Å². The number of rotatable bonds is 5. The molecule has 3 aromatic rings. The number of nitrogens with one attached hydrogen (secondary N) is 1. The maximum atomic E-state index is 13.8. The Labute approximate surface area is 237 Å². The highest BCUT2D eigenvalue weighted by atomic mass is 16.5. The van der Waals surface area contributed by atoms with Gasteiger partial charge in [-0.15, -0.1) is 0 Å². The summed E-state index contributed by atoms with van der Waals surface area (Å²) in [6, 6.07) is 6.76. The molecule has 0 bridgehead atoms. The number of hydrogen-bond acceptors (Lipinski definition) is 7. The van der Waals surface area contributed by atoms with Crippen LogP contribution in [0.2, 0.25) is 0 Å². The Balaban J connectivity index is 1.36. The number of ketones is 1. The predicted octanol–water partition coefficient (Wildman–Crippen LogP) is 4.38. The summed E-state index contributed by atoms with van der Waals surface area (Å²) in [5.74, 6) is -1.44. The third-order valence-corrected chi connectivity index (χ3v) is 8.64. The van der Waals surface area contributed by atoms with Crippen LogP contribution in [0.25, 0.3) is 10.9 Å². The highest BCUT2D eigenvalue weighted by molar-refractivity contribution is 6.21. The highest BCUT2D eigenvalue weighted by Crippen LogP contribution is 2.43. The zero-order valence-corrected chi connectivity index (χ0v) is 23.5. The van der Waals surface area contributed by atoms with Crippen molar-refractivity contribution in [3.63, 3.8) is 0 Å². The Morgan fingerprint density at radius 1 is 1.12 bits per heavy atom. The molecule has 2 fully saturated rings. The molecule has 6 rings (SSSR count). The van der Waals surface area contributed by atoms with Gasteiger partial charge in [-0.2, -0.15) is 4.90 Å². The van der Waals surface area contributed by atoms with Crippen LogP contribution in [0, 0.1) is 12.8 Å². The molecule has 10 nitrogen and oxygen atoms in total. The average Bonchev–Trinajstić information content (AvgIpc) is 3.75. The second kappa shape index (κ2) is 10.0. The molecule has 2 aliphatic heterocycles. The summed E-state index contributed by atoms with van der Waals surface area (Å²) in [5, 5.41) is 4.18. The molecule has 2 aromatic carbocycles. The van der Waals surface area contributed by atoms with E-state index < -0.39 is 29.4 Å². The standard InChI is InChI=1S/C31H34N4O6/c1-4-40-25-15-20(14-23-26(25)17(2)16-34(23)21-6-7-21)29(38)35(30(32)39)28(37)19-5-8-24-22(13-19)27(36)18(3)31(41-24)9-11-33-12-10-31/h5,8,13-16,18,21,33H,4,6-7,9-12H2,1-3H3,(H2,32,39)/t18-/m0/s1. The normalized spacial score (nSPS) is 19.5. The largest absolute Gasteiger partial charge is 0.493 e. The Bertz CT molecular complexity index is 1600. The molecule has 1 atom stereocenters. The number of primary amides is 1. The van der Waals surface area contributed by atoms with Crippen LogP contribution >= 0.6 is 0 Å². The van der Waals surface area contributed by atoms with Crippen molar-refractivity contribution in [3.05, 3.63) is 58.8 Å². The van der Waals surface area contributed by atoms with Gasteiger partial charge in [0.1, 0.15) is 17.1 Å². The summed E-state index contributed by atoms with van der Waals surface area (Å²) in [7, 11) is 0. The lowest BCUT2D eigenvalue weighted by Gasteiger charge is -2.45. The number of Topliss-reactive ketones (excluding diaryl/α,β-unsaturated/α-hetero) is 1. The Morgan fingerprint density at radius 3 is 2.49 bits per heavy atom. The number of hydrogen-bond donors (Lipinski definition) is 2. The Morgan fingerprint density at radius 2 is 1.83 bits per heavy atom. The van der Waals surface area contributed by atoms with E-state index in [1.54, 1.807) is 18.2 Å². The number of imide groups is 3. The lowest BCUT2D eigenvalue weighted by atomic mass is 9.75. The molecule has 1 aromatic heterocycles. The first kappa shape index (κ1) is 27.0. The van der Waals surface area contributed by atoms with Crippen LogP contribution in [0.15, 0.2) is 36.5 Å². The molecule has 0 radical (unpaired) electrons. The van der Waals surface area contributed by atoms with Gasteiger partial charge in [0.05, 0.1) is 23.6 Å². The predicted molar refractivity (Wildman–Crippen MR) is 152 cm³/mol. The lowest BCUT2D eigenvalue weighted by Crippen LogP contribution is -2.55. The van der Waals surface area contributed by atoms with E-state index in [9.17, 15) is 19.2 Å². The number of amides is 4. The van der Waals surface area contributed by atoms with E-state index in [2.05, 4.69) is 9.88 Å². The number of piperidine rings is 1. The van der Waals surface area contributed by atoms with Crippen molar-refractivity contribution in [2.75, 3.05) is 19.7 Å². The van der Waals surface area contributed by atoms with Crippen LogP contribution in [-0.4, -0.2) is 58.4 Å². The molecule has 1 spiro atoms. The van der Waals surface area contributed by atoms with Crippen molar-refractivity contribution in [3.8, 4) is 11.5 Å². The summed E-state index contributed by atoms with van der Waals surface area (Å²) in [6.45, 7) is 7.55. The molecular formula is C31H34N4O6. The van der Waals surface area contributed by atoms with E-state index in [1.807, 2.05) is 27.0 Å². The van der Waals surface area contributed by atoms with Crippen LogP contribution in [0.4, 0.5) is 4.79 Å². The number of nitrogens with two attached hydrogens (primary N) is 1. The van der Waals surface area contributed by atoms with Crippen molar-refractivity contribution >= 4 is 34.5 Å². The Hall–Kier alpha value is -4.18. The van der Waals surface area contributed by atoms with Gasteiger partial charge < -0.3 is 25.1 Å². The molecule has 1 saturated carbocycles. The first-order valence-corrected chi connectivity index (χ1v) is 14.2. The van der Waals surface area contributed by atoms with Crippen LogP contribution in [0.3, 0.4) is 0 Å². The second-order valence-electron chi connectivity index (χ2n) is 11.2. The highest BCUT2D eigenvalue weighted by Gasteiger charge is 2.48. The van der Waals surface area contributed by atoms with Crippen LogP contribution in [0.1, 0.15) is 82.2 Å². The van der Waals surface area contributed by atoms with Crippen molar-refractivity contribution in [2.24, 2.45) is 11.7 Å². The maximum Gasteiger partial charge on any atom is 0.328 e. The maximum absolute atomic E-state index is 13.8. The number of ether oxygens (including phenoxy) is 2.